The summed E-state index contributed by atoms with van der Waals surface area (Å²) in [5.74, 6) is 3.26. The van der Waals surface area contributed by atoms with Crippen LogP contribution >= 0.6 is 0 Å². The van der Waals surface area contributed by atoms with Gasteiger partial charge >= 0.3 is 0 Å². The summed E-state index contributed by atoms with van der Waals surface area (Å²) in [5.41, 5.74) is 2.39. The third kappa shape index (κ3) is 3.47. The van der Waals surface area contributed by atoms with Gasteiger partial charge in [-0.25, -0.2) is 15.0 Å². The van der Waals surface area contributed by atoms with E-state index in [1.165, 1.54) is 31.4 Å². The summed E-state index contributed by atoms with van der Waals surface area (Å²) < 4.78 is 2.17. The smallest absolute Gasteiger partial charge is 0.134 e. The van der Waals surface area contributed by atoms with E-state index in [0.717, 1.165) is 30.4 Å². The fourth-order valence-electron chi connectivity index (χ4n) is 4.31. The molecule has 0 bridgehead atoms. The Labute approximate surface area is 156 Å². The summed E-state index contributed by atoms with van der Waals surface area (Å²) in [7, 11) is 6.51. The molecule has 0 spiro atoms. The Morgan fingerprint density at radius 2 is 2.00 bits per heavy atom. The number of imidazole rings is 1. The van der Waals surface area contributed by atoms with Gasteiger partial charge in [0.1, 0.15) is 11.6 Å². The van der Waals surface area contributed by atoms with Crippen LogP contribution in [0.4, 0.5) is 5.82 Å². The number of aromatic nitrogens is 4. The van der Waals surface area contributed by atoms with Gasteiger partial charge in [-0.05, 0) is 52.1 Å². The Balaban J connectivity index is 1.55. The number of aryl methyl sites for hydroxylation is 2. The SMILES string of the molecule is Cc1cc(N(C)C[C@@H]2CCCN(C)[C@H]2c2cncn2C)nc(C2CC2)n1. The van der Waals surface area contributed by atoms with Crippen LogP contribution in [0.25, 0.3) is 0 Å². The van der Waals surface area contributed by atoms with Crippen molar-refractivity contribution >= 4 is 5.82 Å². The maximum absolute atomic E-state index is 4.87. The molecule has 2 aromatic rings. The van der Waals surface area contributed by atoms with E-state index in [1.807, 2.05) is 12.5 Å². The molecule has 0 unspecified atom stereocenters. The Bertz CT molecular complexity index is 765. The van der Waals surface area contributed by atoms with E-state index >= 15 is 0 Å². The Kier molecular flexibility index (Phi) is 4.69. The maximum Gasteiger partial charge on any atom is 0.134 e. The molecule has 2 atom stereocenters. The number of hydrogen-bond acceptors (Lipinski definition) is 5. The highest BCUT2D eigenvalue weighted by molar-refractivity contribution is 5.39. The average molecular weight is 355 g/mol. The van der Waals surface area contributed by atoms with E-state index in [-0.39, 0.29) is 0 Å². The zero-order chi connectivity index (χ0) is 18.3. The molecular weight excluding hydrogens is 324 g/mol. The highest BCUT2D eigenvalue weighted by Gasteiger charge is 2.33. The van der Waals surface area contributed by atoms with Gasteiger partial charge in [-0.15, -0.1) is 0 Å². The molecule has 4 rings (SSSR count). The van der Waals surface area contributed by atoms with Crippen molar-refractivity contribution in [1.82, 2.24) is 24.4 Å². The van der Waals surface area contributed by atoms with Crippen LogP contribution in [0.2, 0.25) is 0 Å². The van der Waals surface area contributed by atoms with Gasteiger partial charge in [0.25, 0.3) is 0 Å². The van der Waals surface area contributed by atoms with E-state index in [0.29, 0.717) is 17.9 Å². The molecule has 3 heterocycles. The zero-order valence-electron chi connectivity index (χ0n) is 16.4. The fraction of sp³-hybridized carbons (Fsp3) is 0.650. The van der Waals surface area contributed by atoms with Crippen molar-refractivity contribution < 1.29 is 0 Å². The summed E-state index contributed by atoms with van der Waals surface area (Å²) in [4.78, 5) is 18.7. The second-order valence-corrected chi connectivity index (χ2v) is 8.14. The molecular formula is C20H30N6. The second-order valence-electron chi connectivity index (χ2n) is 8.14. The van der Waals surface area contributed by atoms with Crippen molar-refractivity contribution in [3.05, 3.63) is 35.8 Å². The summed E-state index contributed by atoms with van der Waals surface area (Å²) in [6.45, 7) is 4.23. The third-order valence-electron chi connectivity index (χ3n) is 5.86. The Morgan fingerprint density at radius 1 is 1.19 bits per heavy atom. The predicted molar refractivity (Wildman–Crippen MR) is 103 cm³/mol. The molecule has 1 saturated heterocycles. The lowest BCUT2D eigenvalue weighted by atomic mass is 9.87. The van der Waals surface area contributed by atoms with Gasteiger partial charge in [0, 0.05) is 44.5 Å². The number of anilines is 1. The van der Waals surface area contributed by atoms with Crippen LogP contribution in [0.15, 0.2) is 18.6 Å². The standard InChI is InChI=1S/C20H30N6/c1-14-10-18(23-20(22-14)15-7-8-15)25(3)12-16-6-5-9-24(2)19(16)17-11-21-13-26(17)4/h10-11,13,15-16,19H,5-9,12H2,1-4H3/t16-,19+/m0/s1. The fourth-order valence-corrected chi connectivity index (χ4v) is 4.31. The number of hydrogen-bond donors (Lipinski definition) is 0. The van der Waals surface area contributed by atoms with Gasteiger partial charge in [0.05, 0.1) is 18.1 Å². The lowest BCUT2D eigenvalue weighted by molar-refractivity contribution is 0.118. The monoisotopic (exact) mass is 354 g/mol. The molecule has 1 aliphatic heterocycles. The van der Waals surface area contributed by atoms with Gasteiger partial charge in [-0.3, -0.25) is 4.90 Å². The van der Waals surface area contributed by atoms with E-state index in [1.54, 1.807) is 0 Å². The van der Waals surface area contributed by atoms with Gasteiger partial charge < -0.3 is 9.47 Å². The van der Waals surface area contributed by atoms with Crippen LogP contribution in [-0.2, 0) is 7.05 Å². The minimum Gasteiger partial charge on any atom is -0.359 e. The van der Waals surface area contributed by atoms with E-state index < -0.39 is 0 Å². The second kappa shape index (κ2) is 6.99. The molecule has 2 fully saturated rings. The molecule has 6 heteroatoms. The van der Waals surface area contributed by atoms with Gasteiger partial charge in [0.2, 0.25) is 0 Å². The van der Waals surface area contributed by atoms with Crippen LogP contribution in [-0.4, -0.2) is 51.6 Å². The third-order valence-corrected chi connectivity index (χ3v) is 5.86. The zero-order valence-corrected chi connectivity index (χ0v) is 16.4. The van der Waals surface area contributed by atoms with Crippen molar-refractivity contribution in [3.63, 3.8) is 0 Å². The predicted octanol–water partition coefficient (Wildman–Crippen LogP) is 2.92. The summed E-state index contributed by atoms with van der Waals surface area (Å²) >= 11 is 0. The van der Waals surface area contributed by atoms with Crippen LogP contribution in [0.1, 0.15) is 54.9 Å². The molecule has 26 heavy (non-hydrogen) atoms. The molecule has 140 valence electrons. The number of nitrogens with zero attached hydrogens (tertiary/aromatic N) is 6. The van der Waals surface area contributed by atoms with Crippen molar-refractivity contribution in [2.24, 2.45) is 13.0 Å². The lowest BCUT2D eigenvalue weighted by Crippen LogP contribution is -2.42. The average Bonchev–Trinajstić information content (AvgIpc) is 3.37. The lowest BCUT2D eigenvalue weighted by Gasteiger charge is -2.41. The van der Waals surface area contributed by atoms with Crippen LogP contribution in [0, 0.1) is 12.8 Å². The summed E-state index contributed by atoms with van der Waals surface area (Å²) in [6.07, 6.45) is 8.91. The number of rotatable bonds is 5. The maximum atomic E-state index is 4.87. The van der Waals surface area contributed by atoms with Gasteiger partial charge in [-0.1, -0.05) is 0 Å². The summed E-state index contributed by atoms with van der Waals surface area (Å²) in [6, 6.07) is 2.53. The van der Waals surface area contributed by atoms with E-state index in [4.69, 9.17) is 4.98 Å². The van der Waals surface area contributed by atoms with Crippen molar-refractivity contribution in [2.45, 2.75) is 44.6 Å². The van der Waals surface area contributed by atoms with Crippen LogP contribution in [0.3, 0.4) is 0 Å². The Hall–Kier alpha value is -1.95. The molecule has 1 saturated carbocycles. The quantitative estimate of drug-likeness (QED) is 0.826. The molecule has 2 aromatic heterocycles. The topological polar surface area (TPSA) is 50.1 Å². The van der Waals surface area contributed by atoms with Crippen molar-refractivity contribution in [2.75, 3.05) is 32.1 Å². The molecule has 0 radical (unpaired) electrons. The van der Waals surface area contributed by atoms with Gasteiger partial charge in [-0.2, -0.15) is 0 Å². The van der Waals surface area contributed by atoms with E-state index in [9.17, 15) is 0 Å². The number of likely N-dealkylation sites (tertiary alicyclic amines) is 1. The molecule has 0 N–H and O–H groups in total. The Morgan fingerprint density at radius 3 is 2.69 bits per heavy atom. The molecule has 6 nitrogen and oxygen atoms in total. The molecule has 0 amide bonds. The normalized spacial score (nSPS) is 24.0. The summed E-state index contributed by atoms with van der Waals surface area (Å²) in [5, 5.41) is 0. The van der Waals surface area contributed by atoms with Crippen molar-refractivity contribution in [1.29, 1.82) is 0 Å². The molecule has 0 aromatic carbocycles. The molecule has 1 aliphatic carbocycles. The van der Waals surface area contributed by atoms with Gasteiger partial charge in [0.15, 0.2) is 0 Å². The first kappa shape index (κ1) is 17.5. The first-order valence-electron chi connectivity index (χ1n) is 9.76. The van der Waals surface area contributed by atoms with Crippen molar-refractivity contribution in [3.8, 4) is 0 Å². The molecule has 2 aliphatic rings. The van der Waals surface area contributed by atoms with E-state index in [2.05, 4.69) is 58.5 Å². The largest absolute Gasteiger partial charge is 0.359 e. The highest BCUT2D eigenvalue weighted by atomic mass is 15.2. The number of piperidine rings is 1. The van der Waals surface area contributed by atoms with Crippen LogP contribution in [0.5, 0.6) is 0 Å². The first-order chi connectivity index (χ1) is 12.5. The highest BCUT2D eigenvalue weighted by Crippen LogP contribution is 2.39. The minimum absolute atomic E-state index is 0.407. The first-order valence-corrected chi connectivity index (χ1v) is 9.76. The van der Waals surface area contributed by atoms with Crippen LogP contribution < -0.4 is 4.90 Å². The minimum atomic E-state index is 0.407.